The summed E-state index contributed by atoms with van der Waals surface area (Å²) in [7, 11) is 0. The molecule has 2 unspecified atom stereocenters. The highest BCUT2D eigenvalue weighted by Gasteiger charge is 2.31. The third kappa shape index (κ3) is 2.63. The van der Waals surface area contributed by atoms with Crippen LogP contribution in [-0.2, 0) is 13.0 Å². The average molecular weight is 264 g/mol. The van der Waals surface area contributed by atoms with E-state index in [4.69, 9.17) is 0 Å². The van der Waals surface area contributed by atoms with Gasteiger partial charge in [-0.05, 0) is 62.2 Å². The lowest BCUT2D eigenvalue weighted by Gasteiger charge is -2.35. The Morgan fingerprint density at radius 3 is 3.22 bits per heavy atom. The quantitative estimate of drug-likeness (QED) is 0.899. The zero-order chi connectivity index (χ0) is 12.4. The second-order valence-corrected chi connectivity index (χ2v) is 6.66. The topological polar surface area (TPSA) is 15.3 Å². The Morgan fingerprint density at radius 2 is 2.33 bits per heavy atom. The van der Waals surface area contributed by atoms with Crippen LogP contribution in [0.1, 0.15) is 43.0 Å². The third-order valence-electron chi connectivity index (χ3n) is 4.59. The summed E-state index contributed by atoms with van der Waals surface area (Å²) >= 11 is 1.91. The van der Waals surface area contributed by atoms with Crippen LogP contribution in [0.4, 0.5) is 0 Å². The maximum absolute atomic E-state index is 3.80. The van der Waals surface area contributed by atoms with Gasteiger partial charge in [0, 0.05) is 23.5 Å². The predicted octanol–water partition coefficient (Wildman–Crippen LogP) is 3.03. The van der Waals surface area contributed by atoms with Gasteiger partial charge in [0.25, 0.3) is 0 Å². The van der Waals surface area contributed by atoms with Crippen molar-refractivity contribution < 1.29 is 0 Å². The van der Waals surface area contributed by atoms with Gasteiger partial charge in [0.1, 0.15) is 0 Å². The number of nitrogens with one attached hydrogen (secondary N) is 1. The minimum atomic E-state index is 0.746. The number of thiophene rings is 1. The van der Waals surface area contributed by atoms with Crippen LogP contribution in [0, 0.1) is 0 Å². The molecule has 1 N–H and O–H groups in total. The molecule has 1 aromatic rings. The van der Waals surface area contributed by atoms with E-state index in [-0.39, 0.29) is 0 Å². The maximum Gasteiger partial charge on any atom is 0.0305 e. The van der Waals surface area contributed by atoms with Gasteiger partial charge in [-0.2, -0.15) is 0 Å². The summed E-state index contributed by atoms with van der Waals surface area (Å²) < 4.78 is 0. The Morgan fingerprint density at radius 1 is 1.39 bits per heavy atom. The predicted molar refractivity (Wildman–Crippen MR) is 78.2 cm³/mol. The molecule has 2 nitrogen and oxygen atoms in total. The van der Waals surface area contributed by atoms with Gasteiger partial charge < -0.3 is 10.2 Å². The minimum absolute atomic E-state index is 0.746. The first-order chi connectivity index (χ1) is 8.86. The first kappa shape index (κ1) is 12.6. The second kappa shape index (κ2) is 5.72. The smallest absolute Gasteiger partial charge is 0.0305 e. The van der Waals surface area contributed by atoms with Crippen molar-refractivity contribution in [2.75, 3.05) is 13.1 Å². The van der Waals surface area contributed by atoms with E-state index in [1.807, 2.05) is 11.3 Å². The number of fused-ring (bicyclic) bond motifs is 1. The van der Waals surface area contributed by atoms with E-state index in [1.165, 1.54) is 50.8 Å². The van der Waals surface area contributed by atoms with Gasteiger partial charge in [-0.25, -0.2) is 0 Å². The van der Waals surface area contributed by atoms with Crippen LogP contribution >= 0.6 is 11.3 Å². The summed E-state index contributed by atoms with van der Waals surface area (Å²) in [5.74, 6) is 0. The molecule has 0 amide bonds. The number of nitrogens with zero attached hydrogens (tertiary/aromatic N) is 1. The van der Waals surface area contributed by atoms with E-state index in [0.717, 1.165) is 18.6 Å². The summed E-state index contributed by atoms with van der Waals surface area (Å²) in [4.78, 5) is 4.24. The molecule has 100 valence electrons. The van der Waals surface area contributed by atoms with Gasteiger partial charge in [-0.15, -0.1) is 11.3 Å². The zero-order valence-corrected chi connectivity index (χ0v) is 12.1. The molecule has 0 bridgehead atoms. The molecule has 0 saturated carbocycles. The first-order valence-corrected chi connectivity index (χ1v) is 8.27. The van der Waals surface area contributed by atoms with E-state index in [2.05, 4.69) is 28.6 Å². The summed E-state index contributed by atoms with van der Waals surface area (Å²) in [6.45, 7) is 6.00. The van der Waals surface area contributed by atoms with E-state index in [1.54, 1.807) is 4.88 Å². The molecule has 2 aliphatic rings. The fourth-order valence-corrected chi connectivity index (χ4v) is 4.41. The Balaban J connectivity index is 1.51. The highest BCUT2D eigenvalue weighted by atomic mass is 32.1. The van der Waals surface area contributed by atoms with Gasteiger partial charge in [0.05, 0.1) is 0 Å². The third-order valence-corrected chi connectivity index (χ3v) is 5.55. The number of hydrogen-bond donors (Lipinski definition) is 1. The monoisotopic (exact) mass is 264 g/mol. The highest BCUT2D eigenvalue weighted by molar-refractivity contribution is 7.10. The molecule has 2 fully saturated rings. The van der Waals surface area contributed by atoms with Crippen LogP contribution in [0.15, 0.2) is 11.4 Å². The normalized spacial score (nSPS) is 28.5. The van der Waals surface area contributed by atoms with Crippen molar-refractivity contribution in [1.82, 2.24) is 10.2 Å². The van der Waals surface area contributed by atoms with Gasteiger partial charge in [0.2, 0.25) is 0 Å². The first-order valence-electron chi connectivity index (χ1n) is 7.39. The Labute approximate surface area is 114 Å². The van der Waals surface area contributed by atoms with Crippen LogP contribution in [0.5, 0.6) is 0 Å². The minimum Gasteiger partial charge on any atom is -0.309 e. The summed E-state index contributed by atoms with van der Waals surface area (Å²) in [6.07, 6.45) is 6.72. The fourth-order valence-electron chi connectivity index (χ4n) is 3.48. The van der Waals surface area contributed by atoms with Crippen LogP contribution in [0.3, 0.4) is 0 Å². The average Bonchev–Trinajstić information content (AvgIpc) is 3.04. The van der Waals surface area contributed by atoms with Crippen LogP contribution in [0.2, 0.25) is 0 Å². The van der Waals surface area contributed by atoms with Gasteiger partial charge in [-0.3, -0.25) is 0 Å². The molecule has 0 spiro atoms. The van der Waals surface area contributed by atoms with Crippen LogP contribution < -0.4 is 5.32 Å². The lowest BCUT2D eigenvalue weighted by atomic mass is 9.97. The van der Waals surface area contributed by atoms with Crippen molar-refractivity contribution in [3.8, 4) is 0 Å². The molecule has 2 atom stereocenters. The standard InChI is InChI=1S/C15H24N2S/c1-2-12-6-9-18-15(12)11-16-13-5-8-17-7-3-4-14(17)10-13/h6,9,13-14,16H,2-5,7-8,10-11H2,1H3. The molecule has 3 heteroatoms. The van der Waals surface area contributed by atoms with Crippen molar-refractivity contribution in [3.63, 3.8) is 0 Å². The van der Waals surface area contributed by atoms with Crippen molar-refractivity contribution in [1.29, 1.82) is 0 Å². The lowest BCUT2D eigenvalue weighted by Crippen LogP contribution is -2.45. The van der Waals surface area contributed by atoms with E-state index < -0.39 is 0 Å². The Bertz CT molecular complexity index is 388. The lowest BCUT2D eigenvalue weighted by molar-refractivity contribution is 0.166. The fraction of sp³-hybridized carbons (Fsp3) is 0.733. The molecule has 0 aromatic carbocycles. The zero-order valence-electron chi connectivity index (χ0n) is 11.3. The molecule has 18 heavy (non-hydrogen) atoms. The molecule has 2 saturated heterocycles. The molecule has 2 aliphatic heterocycles. The molecule has 1 aromatic heterocycles. The molecule has 0 radical (unpaired) electrons. The van der Waals surface area contributed by atoms with Crippen molar-refractivity contribution in [3.05, 3.63) is 21.9 Å². The Kier molecular flexibility index (Phi) is 4.02. The van der Waals surface area contributed by atoms with E-state index in [9.17, 15) is 0 Å². The summed E-state index contributed by atoms with van der Waals surface area (Å²) in [6, 6.07) is 3.91. The summed E-state index contributed by atoms with van der Waals surface area (Å²) in [5, 5.41) is 6.03. The van der Waals surface area contributed by atoms with Gasteiger partial charge >= 0.3 is 0 Å². The molecular formula is C15H24N2S. The van der Waals surface area contributed by atoms with Crippen LogP contribution in [-0.4, -0.2) is 30.1 Å². The van der Waals surface area contributed by atoms with Crippen LogP contribution in [0.25, 0.3) is 0 Å². The van der Waals surface area contributed by atoms with Crippen molar-refractivity contribution >= 4 is 11.3 Å². The SMILES string of the molecule is CCc1ccsc1CNC1CCN2CCCC2C1. The van der Waals surface area contributed by atoms with Crippen molar-refractivity contribution in [2.45, 2.75) is 57.7 Å². The molecular weight excluding hydrogens is 240 g/mol. The molecule has 0 aliphatic carbocycles. The Hall–Kier alpha value is -0.380. The van der Waals surface area contributed by atoms with Gasteiger partial charge in [0.15, 0.2) is 0 Å². The highest BCUT2D eigenvalue weighted by Crippen LogP contribution is 2.27. The largest absolute Gasteiger partial charge is 0.309 e. The number of hydrogen-bond acceptors (Lipinski definition) is 3. The maximum atomic E-state index is 3.80. The summed E-state index contributed by atoms with van der Waals surface area (Å²) in [5.41, 5.74) is 1.53. The van der Waals surface area contributed by atoms with Crippen molar-refractivity contribution in [2.24, 2.45) is 0 Å². The van der Waals surface area contributed by atoms with E-state index in [0.29, 0.717) is 0 Å². The second-order valence-electron chi connectivity index (χ2n) is 5.66. The number of rotatable bonds is 4. The molecule has 3 heterocycles. The number of aryl methyl sites for hydroxylation is 1. The number of piperidine rings is 1. The van der Waals surface area contributed by atoms with E-state index >= 15 is 0 Å². The molecule has 3 rings (SSSR count). The van der Waals surface area contributed by atoms with Gasteiger partial charge in [-0.1, -0.05) is 6.92 Å².